The largest absolute Gasteiger partial charge is 0.493 e. The van der Waals surface area contributed by atoms with Crippen LogP contribution in [-0.2, 0) is 13.0 Å². The molecule has 0 spiro atoms. The number of rotatable bonds is 7. The molecule has 4 aromatic rings. The van der Waals surface area contributed by atoms with Crippen molar-refractivity contribution in [1.29, 1.82) is 0 Å². The minimum atomic E-state index is -0.169. The van der Waals surface area contributed by atoms with Gasteiger partial charge in [-0.3, -0.25) is 4.79 Å². The zero-order valence-electron chi connectivity index (χ0n) is 18.5. The third-order valence-electron chi connectivity index (χ3n) is 5.46. The van der Waals surface area contributed by atoms with Crippen LogP contribution in [0.2, 0.25) is 5.02 Å². The van der Waals surface area contributed by atoms with E-state index in [1.165, 1.54) is 0 Å². The first kappa shape index (κ1) is 21.7. The maximum Gasteiger partial charge on any atom is 0.255 e. The van der Waals surface area contributed by atoms with Gasteiger partial charge in [0.2, 0.25) is 5.95 Å². The minimum Gasteiger partial charge on any atom is -0.493 e. The molecule has 1 aromatic carbocycles. The van der Waals surface area contributed by atoms with Gasteiger partial charge in [0, 0.05) is 31.4 Å². The summed E-state index contributed by atoms with van der Waals surface area (Å²) in [4.78, 5) is 25.2. The molecule has 0 bridgehead atoms. The van der Waals surface area contributed by atoms with Crippen molar-refractivity contribution in [2.75, 3.05) is 24.3 Å². The van der Waals surface area contributed by atoms with Gasteiger partial charge in [0.25, 0.3) is 5.91 Å². The summed E-state index contributed by atoms with van der Waals surface area (Å²) in [5, 5.41) is 17.8. The molecular weight excluding hydrogens is 458 g/mol. The monoisotopic (exact) mass is 479 g/mol. The van der Waals surface area contributed by atoms with E-state index in [4.69, 9.17) is 16.3 Å². The number of fused-ring (bicyclic) bond motifs is 1. The number of carbonyl (C=O) groups excluding carboxylic acids is 1. The van der Waals surface area contributed by atoms with E-state index in [1.807, 2.05) is 19.1 Å². The Morgan fingerprint density at radius 2 is 2.15 bits per heavy atom. The lowest BCUT2D eigenvalue weighted by Crippen LogP contribution is -2.31. The predicted octanol–water partition coefficient (Wildman–Crippen LogP) is 3.52. The second kappa shape index (κ2) is 9.02. The molecule has 12 heteroatoms. The number of halogens is 1. The van der Waals surface area contributed by atoms with Crippen LogP contribution in [0.4, 0.5) is 23.1 Å². The van der Waals surface area contributed by atoms with Gasteiger partial charge in [0.1, 0.15) is 0 Å². The summed E-state index contributed by atoms with van der Waals surface area (Å²) in [6.07, 6.45) is 3.92. The molecule has 0 fully saturated rings. The first-order valence-corrected chi connectivity index (χ1v) is 11.1. The Kier molecular flexibility index (Phi) is 5.76. The van der Waals surface area contributed by atoms with E-state index in [2.05, 4.69) is 41.2 Å². The highest BCUT2D eigenvalue weighted by molar-refractivity contribution is 6.32. The molecule has 1 amide bonds. The number of aromatic nitrogens is 6. The number of H-pyrrole nitrogens is 1. The highest BCUT2D eigenvalue weighted by Gasteiger charge is 2.28. The van der Waals surface area contributed by atoms with Crippen LogP contribution in [0.3, 0.4) is 0 Å². The number of benzene rings is 1. The molecule has 0 atom stereocenters. The lowest BCUT2D eigenvalue weighted by molar-refractivity contribution is 0.0947. The number of aromatic amines is 1. The number of nitrogens with one attached hydrogen (secondary N) is 4. The smallest absolute Gasteiger partial charge is 0.255 e. The fraction of sp³-hybridized carbons (Fsp3) is 0.227. The molecule has 0 saturated carbocycles. The fourth-order valence-electron chi connectivity index (χ4n) is 3.91. The second-order valence-electron chi connectivity index (χ2n) is 7.51. The van der Waals surface area contributed by atoms with E-state index >= 15 is 0 Å². The Morgan fingerprint density at radius 1 is 1.26 bits per heavy atom. The lowest BCUT2D eigenvalue weighted by atomic mass is 10.1. The molecule has 1 aliphatic heterocycles. The maximum absolute atomic E-state index is 12.8. The van der Waals surface area contributed by atoms with Crippen molar-refractivity contribution >= 4 is 40.6 Å². The van der Waals surface area contributed by atoms with E-state index in [0.717, 1.165) is 5.69 Å². The summed E-state index contributed by atoms with van der Waals surface area (Å²) in [5.41, 5.74) is 3.81. The summed E-state index contributed by atoms with van der Waals surface area (Å²) >= 11 is 6.32. The number of ether oxygens (including phenoxy) is 1. The van der Waals surface area contributed by atoms with Crippen molar-refractivity contribution < 1.29 is 9.53 Å². The highest BCUT2D eigenvalue weighted by Crippen LogP contribution is 2.40. The van der Waals surface area contributed by atoms with E-state index in [1.54, 1.807) is 36.3 Å². The van der Waals surface area contributed by atoms with Crippen LogP contribution in [0.25, 0.3) is 11.4 Å². The van der Waals surface area contributed by atoms with E-state index in [9.17, 15) is 4.79 Å². The summed E-state index contributed by atoms with van der Waals surface area (Å²) in [5.74, 6) is 1.36. The number of amides is 1. The standard InChI is InChI=1S/C22H22ClN9O2/c1-3-32-16(11-26-31-32)30-22-25-10-8-14(29-22)18-19(17-13(27-18)7-9-24-21(17)33)28-15-6-4-5-12(23)20(15)34-2/h4-6,8,10-11,27-28H,3,7,9H2,1-2H3,(H,24,33)(H,25,29,30). The quantitative estimate of drug-likeness (QED) is 0.316. The number of hydrogen-bond donors (Lipinski definition) is 4. The van der Waals surface area contributed by atoms with Crippen LogP contribution >= 0.6 is 11.6 Å². The Balaban J connectivity index is 1.59. The molecule has 5 rings (SSSR count). The zero-order valence-corrected chi connectivity index (χ0v) is 19.3. The van der Waals surface area contributed by atoms with Gasteiger partial charge >= 0.3 is 0 Å². The van der Waals surface area contributed by atoms with Crippen LogP contribution in [-0.4, -0.2) is 49.5 Å². The minimum absolute atomic E-state index is 0.169. The normalized spacial score (nSPS) is 12.7. The molecule has 0 radical (unpaired) electrons. The van der Waals surface area contributed by atoms with Crippen molar-refractivity contribution in [1.82, 2.24) is 35.3 Å². The number of anilines is 4. The van der Waals surface area contributed by atoms with Gasteiger partial charge < -0.3 is 25.7 Å². The number of nitrogens with zero attached hydrogens (tertiary/aromatic N) is 5. The SMILES string of the molecule is CCn1nncc1Nc1nccc(-c2[nH]c3c(c2Nc2cccc(Cl)c2OC)C(=O)NCC3)n1. The summed E-state index contributed by atoms with van der Waals surface area (Å²) in [6, 6.07) is 7.16. The predicted molar refractivity (Wildman–Crippen MR) is 128 cm³/mol. The van der Waals surface area contributed by atoms with Crippen LogP contribution in [0.1, 0.15) is 23.0 Å². The van der Waals surface area contributed by atoms with Crippen LogP contribution < -0.4 is 20.7 Å². The van der Waals surface area contributed by atoms with Gasteiger partial charge in [-0.2, -0.15) is 0 Å². The number of aryl methyl sites for hydroxylation is 1. The maximum atomic E-state index is 12.8. The summed E-state index contributed by atoms with van der Waals surface area (Å²) < 4.78 is 7.19. The first-order valence-electron chi connectivity index (χ1n) is 10.7. The van der Waals surface area contributed by atoms with Gasteiger partial charge in [-0.25, -0.2) is 14.6 Å². The number of para-hydroxylation sites is 1. The molecule has 4 N–H and O–H groups in total. The molecule has 0 saturated heterocycles. The first-order chi connectivity index (χ1) is 16.6. The average Bonchev–Trinajstić information content (AvgIpc) is 3.44. The molecular formula is C22H22ClN9O2. The van der Waals surface area contributed by atoms with Crippen molar-refractivity contribution in [3.05, 3.63) is 52.9 Å². The van der Waals surface area contributed by atoms with Crippen LogP contribution in [0.15, 0.2) is 36.7 Å². The van der Waals surface area contributed by atoms with E-state index < -0.39 is 0 Å². The summed E-state index contributed by atoms with van der Waals surface area (Å²) in [6.45, 7) is 3.17. The number of carbonyl (C=O) groups is 1. The Morgan fingerprint density at radius 3 is 2.97 bits per heavy atom. The third kappa shape index (κ3) is 3.90. The summed E-state index contributed by atoms with van der Waals surface area (Å²) in [7, 11) is 1.55. The van der Waals surface area contributed by atoms with Gasteiger partial charge in [-0.1, -0.05) is 22.9 Å². The Labute approximate surface area is 199 Å². The van der Waals surface area contributed by atoms with Crippen molar-refractivity contribution in [2.24, 2.45) is 0 Å². The molecule has 0 aliphatic carbocycles. The highest BCUT2D eigenvalue weighted by atomic mass is 35.5. The fourth-order valence-corrected chi connectivity index (χ4v) is 4.16. The van der Waals surface area contributed by atoms with Crippen molar-refractivity contribution in [2.45, 2.75) is 19.9 Å². The van der Waals surface area contributed by atoms with Crippen molar-refractivity contribution in [3.8, 4) is 17.1 Å². The molecule has 3 aromatic heterocycles. The molecule has 4 heterocycles. The Bertz CT molecular complexity index is 1360. The lowest BCUT2D eigenvalue weighted by Gasteiger charge is -2.17. The van der Waals surface area contributed by atoms with Crippen molar-refractivity contribution in [3.63, 3.8) is 0 Å². The molecule has 1 aliphatic rings. The van der Waals surface area contributed by atoms with E-state index in [-0.39, 0.29) is 5.91 Å². The molecule has 174 valence electrons. The Hall–Kier alpha value is -4.12. The molecule has 0 unspecified atom stereocenters. The van der Waals surface area contributed by atoms with Crippen LogP contribution in [0, 0.1) is 0 Å². The average molecular weight is 480 g/mol. The topological polar surface area (TPSA) is 135 Å². The van der Waals surface area contributed by atoms with Gasteiger partial charge in [-0.15, -0.1) is 5.10 Å². The zero-order chi connectivity index (χ0) is 23.7. The van der Waals surface area contributed by atoms with Crippen LogP contribution in [0.5, 0.6) is 5.75 Å². The van der Waals surface area contributed by atoms with Gasteiger partial charge in [0.15, 0.2) is 11.6 Å². The number of hydrogen-bond acceptors (Lipinski definition) is 8. The second-order valence-corrected chi connectivity index (χ2v) is 7.91. The van der Waals surface area contributed by atoms with Gasteiger partial charge in [0.05, 0.1) is 46.7 Å². The molecule has 34 heavy (non-hydrogen) atoms. The van der Waals surface area contributed by atoms with E-state index in [0.29, 0.717) is 70.4 Å². The number of methoxy groups -OCH3 is 1. The third-order valence-corrected chi connectivity index (χ3v) is 5.76. The molecule has 11 nitrogen and oxygen atoms in total. The van der Waals surface area contributed by atoms with Gasteiger partial charge in [-0.05, 0) is 25.1 Å².